The van der Waals surface area contributed by atoms with Crippen molar-refractivity contribution in [2.75, 3.05) is 0 Å². The molecule has 0 saturated heterocycles. The highest BCUT2D eigenvalue weighted by molar-refractivity contribution is 7.26. The highest BCUT2D eigenvalue weighted by Crippen LogP contribution is 2.41. The molecule has 294 valence electrons. The Hall–Kier alpha value is -8.19. The summed E-state index contributed by atoms with van der Waals surface area (Å²) in [6.45, 7) is 0. The van der Waals surface area contributed by atoms with Gasteiger partial charge in [-0.3, -0.25) is 9.55 Å². The molecule has 0 unspecified atom stereocenters. The van der Waals surface area contributed by atoms with Gasteiger partial charge in [0.2, 0.25) is 0 Å². The summed E-state index contributed by atoms with van der Waals surface area (Å²) in [6, 6.07) is 73.6. The summed E-state index contributed by atoms with van der Waals surface area (Å²) in [5, 5.41) is 6.01. The summed E-state index contributed by atoms with van der Waals surface area (Å²) in [7, 11) is 0. The van der Waals surface area contributed by atoms with Gasteiger partial charge in [-0.1, -0.05) is 140 Å². The van der Waals surface area contributed by atoms with E-state index < -0.39 is 0 Å². The molecule has 8 aromatic carbocycles. The van der Waals surface area contributed by atoms with Crippen molar-refractivity contribution in [1.82, 2.24) is 24.1 Å². The summed E-state index contributed by atoms with van der Waals surface area (Å²) in [5.41, 5.74) is 14.4. The number of rotatable bonds is 6. The molecule has 0 N–H and O–H groups in total. The molecule has 5 aromatic heterocycles. The van der Waals surface area contributed by atoms with Crippen LogP contribution in [0.1, 0.15) is 0 Å². The van der Waals surface area contributed by atoms with Crippen LogP contribution in [0.25, 0.3) is 120 Å². The molecule has 5 heterocycles. The van der Waals surface area contributed by atoms with Crippen molar-refractivity contribution in [3.05, 3.63) is 212 Å². The number of nitrogens with zero attached hydrogens (tertiary/aromatic N) is 5. The molecular formula is C57H35N5S. The quantitative estimate of drug-likeness (QED) is 0.168. The van der Waals surface area contributed by atoms with Gasteiger partial charge in [-0.15, -0.1) is 11.3 Å². The van der Waals surface area contributed by atoms with Gasteiger partial charge in [-0.25, -0.2) is 9.97 Å². The molecule has 63 heavy (non-hydrogen) atoms. The highest BCUT2D eigenvalue weighted by atomic mass is 32.1. The van der Waals surface area contributed by atoms with Gasteiger partial charge in [0, 0.05) is 66.3 Å². The molecule has 0 bridgehead atoms. The van der Waals surface area contributed by atoms with Gasteiger partial charge < -0.3 is 4.57 Å². The van der Waals surface area contributed by atoms with Crippen LogP contribution in [0.15, 0.2) is 212 Å². The minimum Gasteiger partial charge on any atom is -0.309 e. The lowest BCUT2D eigenvalue weighted by molar-refractivity contribution is 1.05. The normalized spacial score (nSPS) is 11.8. The van der Waals surface area contributed by atoms with Crippen molar-refractivity contribution in [2.24, 2.45) is 0 Å². The maximum Gasteiger partial charge on any atom is 0.162 e. The summed E-state index contributed by atoms with van der Waals surface area (Å²) in [6.07, 6.45) is 1.94. The maximum atomic E-state index is 5.23. The van der Waals surface area contributed by atoms with Crippen molar-refractivity contribution >= 4 is 75.3 Å². The van der Waals surface area contributed by atoms with Crippen molar-refractivity contribution in [2.45, 2.75) is 0 Å². The zero-order chi connectivity index (χ0) is 41.4. The topological polar surface area (TPSA) is 48.5 Å². The zero-order valence-corrected chi connectivity index (χ0v) is 34.7. The number of pyridine rings is 1. The molecule has 0 amide bonds. The van der Waals surface area contributed by atoms with Gasteiger partial charge in [0.25, 0.3) is 0 Å². The van der Waals surface area contributed by atoms with Crippen molar-refractivity contribution in [3.63, 3.8) is 0 Å². The van der Waals surface area contributed by atoms with Crippen LogP contribution < -0.4 is 0 Å². The van der Waals surface area contributed by atoms with E-state index >= 15 is 0 Å². The fourth-order valence-electron chi connectivity index (χ4n) is 9.47. The lowest BCUT2D eigenvalue weighted by atomic mass is 10.0. The van der Waals surface area contributed by atoms with E-state index in [1.165, 1.54) is 64.1 Å². The molecule has 5 nitrogen and oxygen atoms in total. The van der Waals surface area contributed by atoms with E-state index in [1.807, 2.05) is 41.8 Å². The van der Waals surface area contributed by atoms with Crippen LogP contribution in [0, 0.1) is 0 Å². The summed E-state index contributed by atoms with van der Waals surface area (Å²) in [4.78, 5) is 15.1. The van der Waals surface area contributed by atoms with E-state index in [0.29, 0.717) is 5.82 Å². The van der Waals surface area contributed by atoms with Crippen molar-refractivity contribution in [3.8, 4) is 56.4 Å². The lowest BCUT2D eigenvalue weighted by Gasteiger charge is -2.12. The molecule has 6 heteroatoms. The minimum absolute atomic E-state index is 0.695. The second-order valence-corrected chi connectivity index (χ2v) is 17.1. The van der Waals surface area contributed by atoms with Gasteiger partial charge in [0.15, 0.2) is 5.82 Å². The second kappa shape index (κ2) is 14.2. The number of aromatic nitrogens is 5. The number of hydrogen-bond acceptors (Lipinski definition) is 4. The van der Waals surface area contributed by atoms with E-state index in [1.54, 1.807) is 0 Å². The lowest BCUT2D eigenvalue weighted by Crippen LogP contribution is -2.02. The fraction of sp³-hybridized carbons (Fsp3) is 0. The van der Waals surface area contributed by atoms with Crippen LogP contribution in [0.5, 0.6) is 0 Å². The third kappa shape index (κ3) is 5.73. The van der Waals surface area contributed by atoms with Crippen LogP contribution in [0.4, 0.5) is 0 Å². The molecule has 0 aliphatic carbocycles. The summed E-state index contributed by atoms with van der Waals surface area (Å²) >= 11 is 1.81. The van der Waals surface area contributed by atoms with Gasteiger partial charge in [-0.2, -0.15) is 0 Å². The number of fused-ring (bicyclic) bond motifs is 9. The third-order valence-corrected chi connectivity index (χ3v) is 13.6. The van der Waals surface area contributed by atoms with Crippen LogP contribution in [-0.2, 0) is 0 Å². The van der Waals surface area contributed by atoms with Crippen LogP contribution >= 0.6 is 11.3 Å². The molecule has 0 fully saturated rings. The monoisotopic (exact) mass is 821 g/mol. The van der Waals surface area contributed by atoms with E-state index in [4.69, 9.17) is 15.0 Å². The zero-order valence-electron chi connectivity index (χ0n) is 33.9. The standard InChI is InChI=1S/C57H35N5S/c1-3-13-37(14-4-1)48-35-54(60-57(59-48)38-15-5-2-6-16-38)62-50-21-11-8-18-44(50)47-34-40(26-30-52(47)62)39-25-29-51-46(33-39)43-17-7-10-20-49(43)61(51)41-27-23-36(24-28-41)42-31-32-58-55-45-19-9-12-22-53(45)63-56(42)55/h1-35H. The van der Waals surface area contributed by atoms with Crippen LogP contribution in [0.3, 0.4) is 0 Å². The Morgan fingerprint density at radius 3 is 1.63 bits per heavy atom. The average molecular weight is 822 g/mol. The molecule has 0 saturated carbocycles. The highest BCUT2D eigenvalue weighted by Gasteiger charge is 2.19. The minimum atomic E-state index is 0.695. The Morgan fingerprint density at radius 1 is 0.381 bits per heavy atom. The average Bonchev–Trinajstić information content (AvgIpc) is 4.02. The second-order valence-electron chi connectivity index (χ2n) is 16.0. The van der Waals surface area contributed by atoms with Crippen molar-refractivity contribution in [1.29, 1.82) is 0 Å². The van der Waals surface area contributed by atoms with Gasteiger partial charge in [0.05, 0.1) is 38.0 Å². The Labute approximate surface area is 366 Å². The maximum absolute atomic E-state index is 5.23. The Morgan fingerprint density at radius 2 is 0.937 bits per heavy atom. The Kier molecular flexibility index (Phi) is 8.01. The first-order valence-electron chi connectivity index (χ1n) is 21.2. The Balaban J connectivity index is 0.925. The largest absolute Gasteiger partial charge is 0.309 e. The third-order valence-electron chi connectivity index (χ3n) is 12.4. The van der Waals surface area contributed by atoms with Crippen LogP contribution in [-0.4, -0.2) is 24.1 Å². The first-order chi connectivity index (χ1) is 31.2. The molecule has 0 atom stereocenters. The molecule has 0 radical (unpaired) electrons. The first-order valence-corrected chi connectivity index (χ1v) is 22.0. The molecule has 13 rings (SSSR count). The first kappa shape index (κ1) is 35.6. The summed E-state index contributed by atoms with van der Waals surface area (Å²) < 4.78 is 7.17. The predicted molar refractivity (Wildman–Crippen MR) is 263 cm³/mol. The fourth-order valence-corrected chi connectivity index (χ4v) is 10.7. The summed E-state index contributed by atoms with van der Waals surface area (Å²) in [5.74, 6) is 1.53. The van der Waals surface area contributed by atoms with E-state index in [2.05, 4.69) is 191 Å². The van der Waals surface area contributed by atoms with E-state index in [9.17, 15) is 0 Å². The molecule has 13 aromatic rings. The van der Waals surface area contributed by atoms with Gasteiger partial charge >= 0.3 is 0 Å². The molecule has 0 aliphatic rings. The van der Waals surface area contributed by atoms with Crippen molar-refractivity contribution < 1.29 is 0 Å². The molecule has 0 spiro atoms. The van der Waals surface area contributed by atoms with Gasteiger partial charge in [-0.05, 0) is 77.4 Å². The Bertz CT molecular complexity index is 3840. The number of para-hydroxylation sites is 2. The SMILES string of the molecule is c1ccc(-c2cc(-n3c4ccccc4c4cc(-c5ccc6c(c5)c5ccccc5n6-c5ccc(-c6ccnc7c6sc6ccccc67)cc5)ccc43)nc(-c3ccccc3)n2)cc1. The van der Waals surface area contributed by atoms with Crippen LogP contribution in [0.2, 0.25) is 0 Å². The van der Waals surface area contributed by atoms with E-state index in [-0.39, 0.29) is 0 Å². The molecular weight excluding hydrogens is 787 g/mol. The van der Waals surface area contributed by atoms with E-state index in [0.717, 1.165) is 50.4 Å². The smallest absolute Gasteiger partial charge is 0.162 e. The van der Waals surface area contributed by atoms with Gasteiger partial charge in [0.1, 0.15) is 5.82 Å². The number of thiophene rings is 1. The number of benzene rings is 8. The molecule has 0 aliphatic heterocycles. The predicted octanol–water partition coefficient (Wildman–Crippen LogP) is 15.1. The number of hydrogen-bond donors (Lipinski definition) is 0.